The Bertz CT molecular complexity index is 567. The van der Waals surface area contributed by atoms with Gasteiger partial charge < -0.3 is 15.7 Å². The maximum Gasteiger partial charge on any atom is 0.337 e. The first-order valence-electron chi connectivity index (χ1n) is 5.55. The third-order valence-electron chi connectivity index (χ3n) is 2.52. The van der Waals surface area contributed by atoms with Gasteiger partial charge in [0.2, 0.25) is 5.91 Å². The highest BCUT2D eigenvalue weighted by Gasteiger charge is 2.30. The molecule has 2 heterocycles. The molecule has 9 nitrogen and oxygen atoms in total. The predicted octanol–water partition coefficient (Wildman–Crippen LogP) is -0.730. The Hall–Kier alpha value is -2.97. The fraction of sp³-hybridized carbons (Fsp3) is 0.182. The van der Waals surface area contributed by atoms with Crippen LogP contribution < -0.4 is 10.6 Å². The number of imide groups is 1. The number of aromatic carboxylic acids is 1. The smallest absolute Gasteiger partial charge is 0.337 e. The number of urea groups is 1. The summed E-state index contributed by atoms with van der Waals surface area (Å²) >= 11 is 0. The summed E-state index contributed by atoms with van der Waals surface area (Å²) in [5.41, 5.74) is -0.0166. The second kappa shape index (κ2) is 5.34. The lowest BCUT2D eigenvalue weighted by Crippen LogP contribution is -2.38. The van der Waals surface area contributed by atoms with Crippen molar-refractivity contribution in [3.8, 4) is 0 Å². The molecule has 0 aromatic carbocycles. The molecule has 3 N–H and O–H groups in total. The second-order valence-electron chi connectivity index (χ2n) is 3.92. The van der Waals surface area contributed by atoms with Crippen LogP contribution in [0.15, 0.2) is 18.3 Å². The Labute approximate surface area is 112 Å². The standard InChI is InChI=1S/C11H10N4O5/c16-8(5-15-9(17)4-13-11(15)20)14-7-2-1-6(3-12-7)10(18)19/h1-3H,4-5H2,(H,13,20)(H,18,19)(H,12,14,16). The van der Waals surface area contributed by atoms with Crippen molar-refractivity contribution in [2.24, 2.45) is 0 Å². The Balaban J connectivity index is 1.96. The summed E-state index contributed by atoms with van der Waals surface area (Å²) in [7, 11) is 0. The van der Waals surface area contributed by atoms with Crippen molar-refractivity contribution in [2.75, 3.05) is 18.4 Å². The van der Waals surface area contributed by atoms with Crippen molar-refractivity contribution >= 4 is 29.6 Å². The summed E-state index contributed by atoms with van der Waals surface area (Å²) in [4.78, 5) is 49.3. The molecule has 1 saturated heterocycles. The molecule has 1 aliphatic heterocycles. The van der Waals surface area contributed by atoms with Gasteiger partial charge in [0, 0.05) is 6.20 Å². The van der Waals surface area contributed by atoms with Crippen LogP contribution in [0.4, 0.5) is 10.6 Å². The molecule has 1 aliphatic rings. The van der Waals surface area contributed by atoms with Crippen molar-refractivity contribution in [3.63, 3.8) is 0 Å². The zero-order valence-corrected chi connectivity index (χ0v) is 10.1. The first kappa shape index (κ1) is 13.5. The number of pyridine rings is 1. The summed E-state index contributed by atoms with van der Waals surface area (Å²) in [5, 5.41) is 13.3. The second-order valence-corrected chi connectivity index (χ2v) is 3.92. The molecule has 0 aliphatic carbocycles. The molecule has 20 heavy (non-hydrogen) atoms. The van der Waals surface area contributed by atoms with Gasteiger partial charge in [0.1, 0.15) is 12.4 Å². The Morgan fingerprint density at radius 2 is 2.15 bits per heavy atom. The number of amides is 4. The molecule has 0 unspecified atom stereocenters. The minimum Gasteiger partial charge on any atom is -0.478 e. The third-order valence-corrected chi connectivity index (χ3v) is 2.52. The van der Waals surface area contributed by atoms with Crippen LogP contribution in [0, 0.1) is 0 Å². The van der Waals surface area contributed by atoms with E-state index in [2.05, 4.69) is 15.6 Å². The molecular formula is C11H10N4O5. The molecule has 1 fully saturated rings. The summed E-state index contributed by atoms with van der Waals surface area (Å²) in [5.74, 6) is -2.09. The molecule has 2 rings (SSSR count). The lowest BCUT2D eigenvalue weighted by molar-refractivity contribution is -0.128. The van der Waals surface area contributed by atoms with Gasteiger partial charge >= 0.3 is 12.0 Å². The van der Waals surface area contributed by atoms with E-state index in [4.69, 9.17) is 5.11 Å². The van der Waals surface area contributed by atoms with E-state index in [9.17, 15) is 19.2 Å². The normalized spacial score (nSPS) is 14.1. The molecule has 1 aromatic rings. The van der Waals surface area contributed by atoms with Crippen LogP contribution in [0.1, 0.15) is 10.4 Å². The van der Waals surface area contributed by atoms with E-state index in [1.54, 1.807) is 0 Å². The Kier molecular flexibility index (Phi) is 3.60. The number of nitrogens with one attached hydrogen (secondary N) is 2. The van der Waals surface area contributed by atoms with Crippen LogP contribution in [-0.2, 0) is 9.59 Å². The van der Waals surface area contributed by atoms with Gasteiger partial charge in [0.15, 0.2) is 0 Å². The van der Waals surface area contributed by atoms with Crippen LogP contribution in [-0.4, -0.2) is 51.9 Å². The number of carboxylic acid groups (broad SMARTS) is 1. The van der Waals surface area contributed by atoms with Gasteiger partial charge in [-0.2, -0.15) is 0 Å². The summed E-state index contributed by atoms with van der Waals surface area (Å²) in [6, 6.07) is 1.96. The van der Waals surface area contributed by atoms with E-state index < -0.39 is 30.4 Å². The highest BCUT2D eigenvalue weighted by Crippen LogP contribution is 2.06. The summed E-state index contributed by atoms with van der Waals surface area (Å²) in [6.07, 6.45) is 1.09. The molecule has 9 heteroatoms. The lowest BCUT2D eigenvalue weighted by atomic mass is 10.3. The number of hydrogen-bond donors (Lipinski definition) is 3. The number of anilines is 1. The highest BCUT2D eigenvalue weighted by atomic mass is 16.4. The van der Waals surface area contributed by atoms with E-state index in [1.807, 2.05) is 0 Å². The molecular weight excluding hydrogens is 268 g/mol. The quantitative estimate of drug-likeness (QED) is 0.623. The molecule has 0 radical (unpaired) electrons. The lowest BCUT2D eigenvalue weighted by Gasteiger charge is -2.11. The van der Waals surface area contributed by atoms with Crippen molar-refractivity contribution < 1.29 is 24.3 Å². The fourth-order valence-electron chi connectivity index (χ4n) is 1.54. The highest BCUT2D eigenvalue weighted by molar-refractivity contribution is 6.06. The fourth-order valence-corrected chi connectivity index (χ4v) is 1.54. The maximum atomic E-state index is 11.6. The van der Waals surface area contributed by atoms with Gasteiger partial charge in [0.05, 0.1) is 12.1 Å². The van der Waals surface area contributed by atoms with Gasteiger partial charge in [-0.3, -0.25) is 14.5 Å². The molecule has 0 bridgehead atoms. The molecule has 104 valence electrons. The molecule has 0 spiro atoms. The average Bonchev–Trinajstić information content (AvgIpc) is 2.71. The molecule has 0 atom stereocenters. The van der Waals surface area contributed by atoms with Crippen LogP contribution in [0.3, 0.4) is 0 Å². The van der Waals surface area contributed by atoms with E-state index in [0.717, 1.165) is 11.1 Å². The topological polar surface area (TPSA) is 129 Å². The van der Waals surface area contributed by atoms with E-state index in [1.165, 1.54) is 12.1 Å². The van der Waals surface area contributed by atoms with Gasteiger partial charge in [-0.05, 0) is 12.1 Å². The van der Waals surface area contributed by atoms with Crippen LogP contribution in [0.25, 0.3) is 0 Å². The van der Waals surface area contributed by atoms with Gasteiger partial charge in [-0.25, -0.2) is 14.6 Å². The number of carboxylic acids is 1. The molecule has 0 saturated carbocycles. The minimum atomic E-state index is -1.13. The summed E-state index contributed by atoms with van der Waals surface area (Å²) < 4.78 is 0. The number of carbonyl (C=O) groups excluding carboxylic acids is 3. The third kappa shape index (κ3) is 2.88. The first-order valence-corrected chi connectivity index (χ1v) is 5.55. The summed E-state index contributed by atoms with van der Waals surface area (Å²) in [6.45, 7) is -0.551. The number of nitrogens with zero attached hydrogens (tertiary/aromatic N) is 2. The zero-order chi connectivity index (χ0) is 14.7. The minimum absolute atomic E-state index is 0.0166. The maximum absolute atomic E-state index is 11.6. The Morgan fingerprint density at radius 1 is 1.40 bits per heavy atom. The monoisotopic (exact) mass is 278 g/mol. The average molecular weight is 278 g/mol. The number of hydrogen-bond acceptors (Lipinski definition) is 5. The van der Waals surface area contributed by atoms with Crippen molar-refractivity contribution in [3.05, 3.63) is 23.9 Å². The Morgan fingerprint density at radius 3 is 2.65 bits per heavy atom. The van der Waals surface area contributed by atoms with Crippen molar-refractivity contribution in [1.29, 1.82) is 0 Å². The van der Waals surface area contributed by atoms with Crippen molar-refractivity contribution in [2.45, 2.75) is 0 Å². The van der Waals surface area contributed by atoms with Crippen LogP contribution >= 0.6 is 0 Å². The number of rotatable bonds is 4. The van der Waals surface area contributed by atoms with E-state index >= 15 is 0 Å². The van der Waals surface area contributed by atoms with Crippen LogP contribution in [0.2, 0.25) is 0 Å². The zero-order valence-electron chi connectivity index (χ0n) is 10.1. The largest absolute Gasteiger partial charge is 0.478 e. The number of aromatic nitrogens is 1. The first-order chi connectivity index (χ1) is 9.47. The number of carbonyl (C=O) groups is 4. The predicted molar refractivity (Wildman–Crippen MR) is 64.9 cm³/mol. The van der Waals surface area contributed by atoms with Crippen LogP contribution in [0.5, 0.6) is 0 Å². The van der Waals surface area contributed by atoms with Gasteiger partial charge in [-0.15, -0.1) is 0 Å². The SMILES string of the molecule is O=C(CN1C(=O)CNC1=O)Nc1ccc(C(=O)O)cn1. The van der Waals surface area contributed by atoms with Crippen molar-refractivity contribution in [1.82, 2.24) is 15.2 Å². The van der Waals surface area contributed by atoms with Gasteiger partial charge in [-0.1, -0.05) is 0 Å². The van der Waals surface area contributed by atoms with Gasteiger partial charge in [0.25, 0.3) is 5.91 Å². The molecule has 4 amide bonds. The van der Waals surface area contributed by atoms with E-state index in [-0.39, 0.29) is 17.9 Å². The molecule has 1 aromatic heterocycles. The van der Waals surface area contributed by atoms with E-state index in [0.29, 0.717) is 0 Å².